The number of fused-ring (bicyclic) bond motifs is 3. The number of nitriles is 1. The van der Waals surface area contributed by atoms with E-state index in [0.29, 0.717) is 17.9 Å². The second-order valence-electron chi connectivity index (χ2n) is 7.29. The summed E-state index contributed by atoms with van der Waals surface area (Å²) in [6, 6.07) is 15.7. The molecular weight excluding hydrogens is 292 g/mol. The second kappa shape index (κ2) is 5.98. The summed E-state index contributed by atoms with van der Waals surface area (Å²) in [6.07, 6.45) is 4.88. The van der Waals surface area contributed by atoms with Gasteiger partial charge in [0, 0.05) is 5.69 Å². The topological polar surface area (TPSA) is 35.8 Å². The molecule has 1 aliphatic heterocycles. The zero-order valence-corrected chi connectivity index (χ0v) is 14.5. The largest absolute Gasteiger partial charge is 0.378 e. The maximum atomic E-state index is 9.20. The van der Waals surface area contributed by atoms with Gasteiger partial charge in [-0.25, -0.2) is 0 Å². The predicted molar refractivity (Wildman–Crippen MR) is 98.2 cm³/mol. The van der Waals surface area contributed by atoms with Gasteiger partial charge in [-0.3, -0.25) is 0 Å². The first-order valence-corrected chi connectivity index (χ1v) is 9.11. The number of nitrogens with zero attached hydrogens (tertiary/aromatic N) is 1. The Hall–Kier alpha value is -2.27. The number of benzene rings is 2. The molecule has 0 unspecified atom stereocenters. The van der Waals surface area contributed by atoms with Gasteiger partial charge in [0.2, 0.25) is 0 Å². The van der Waals surface area contributed by atoms with Gasteiger partial charge in [0.05, 0.1) is 17.7 Å². The van der Waals surface area contributed by atoms with E-state index in [4.69, 9.17) is 0 Å². The average molecular weight is 316 g/mol. The van der Waals surface area contributed by atoms with Gasteiger partial charge in [0.15, 0.2) is 0 Å². The summed E-state index contributed by atoms with van der Waals surface area (Å²) in [5.41, 5.74) is 7.64. The van der Waals surface area contributed by atoms with Crippen LogP contribution in [-0.4, -0.2) is 0 Å². The first-order chi connectivity index (χ1) is 11.7. The van der Waals surface area contributed by atoms with Gasteiger partial charge < -0.3 is 5.32 Å². The first kappa shape index (κ1) is 15.3. The molecule has 0 amide bonds. The molecule has 2 heteroatoms. The Kier molecular flexibility index (Phi) is 3.81. The number of rotatable bonds is 2. The lowest BCUT2D eigenvalue weighted by Gasteiger charge is -2.38. The van der Waals surface area contributed by atoms with E-state index in [1.807, 2.05) is 6.07 Å². The monoisotopic (exact) mass is 316 g/mol. The van der Waals surface area contributed by atoms with Crippen molar-refractivity contribution in [3.63, 3.8) is 0 Å². The fraction of sp³-hybridized carbons (Fsp3) is 0.409. The van der Waals surface area contributed by atoms with E-state index < -0.39 is 0 Å². The predicted octanol–water partition coefficient (Wildman–Crippen LogP) is 5.48. The van der Waals surface area contributed by atoms with Gasteiger partial charge >= 0.3 is 0 Å². The van der Waals surface area contributed by atoms with Crippen LogP contribution in [0.25, 0.3) is 0 Å². The van der Waals surface area contributed by atoms with Crippen molar-refractivity contribution < 1.29 is 0 Å². The third kappa shape index (κ3) is 2.40. The van der Waals surface area contributed by atoms with Crippen LogP contribution >= 0.6 is 0 Å². The molecular formula is C22H24N2. The highest BCUT2D eigenvalue weighted by Gasteiger charge is 2.40. The first-order valence-electron chi connectivity index (χ1n) is 9.11. The van der Waals surface area contributed by atoms with E-state index in [2.05, 4.69) is 55.6 Å². The molecule has 0 bridgehead atoms. The summed E-state index contributed by atoms with van der Waals surface area (Å²) in [5.74, 6) is 1.34. The molecule has 1 heterocycles. The van der Waals surface area contributed by atoms with Crippen molar-refractivity contribution >= 4 is 5.69 Å². The molecule has 1 N–H and O–H groups in total. The number of hydrogen-bond donors (Lipinski definition) is 1. The van der Waals surface area contributed by atoms with Crippen LogP contribution in [0.1, 0.15) is 66.0 Å². The van der Waals surface area contributed by atoms with Crippen LogP contribution in [0.2, 0.25) is 0 Å². The molecule has 2 aromatic carbocycles. The van der Waals surface area contributed by atoms with Crippen LogP contribution in [-0.2, 0) is 6.42 Å². The number of nitrogens with one attached hydrogen (secondary N) is 1. The Morgan fingerprint density at radius 1 is 1.12 bits per heavy atom. The van der Waals surface area contributed by atoms with Gasteiger partial charge in [0.25, 0.3) is 0 Å². The van der Waals surface area contributed by atoms with Gasteiger partial charge in [-0.2, -0.15) is 5.26 Å². The van der Waals surface area contributed by atoms with Crippen molar-refractivity contribution in [1.82, 2.24) is 0 Å². The van der Waals surface area contributed by atoms with E-state index in [-0.39, 0.29) is 0 Å². The number of anilines is 1. The summed E-state index contributed by atoms with van der Waals surface area (Å²) in [6.45, 7) is 4.37. The molecule has 0 spiro atoms. The maximum absolute atomic E-state index is 9.20. The van der Waals surface area contributed by atoms with Gasteiger partial charge in [-0.05, 0) is 72.9 Å². The summed E-state index contributed by atoms with van der Waals surface area (Å²) >= 11 is 0. The van der Waals surface area contributed by atoms with Gasteiger partial charge in [-0.1, -0.05) is 37.1 Å². The molecule has 2 nitrogen and oxygen atoms in total. The lowest BCUT2D eigenvalue weighted by molar-refractivity contribution is 0.404. The molecule has 0 saturated heterocycles. The van der Waals surface area contributed by atoms with E-state index in [1.54, 1.807) is 0 Å². The molecule has 3 atom stereocenters. The van der Waals surface area contributed by atoms with Crippen LogP contribution in [0.4, 0.5) is 5.69 Å². The molecule has 24 heavy (non-hydrogen) atoms. The molecule has 4 rings (SSSR count). The van der Waals surface area contributed by atoms with Crippen molar-refractivity contribution in [1.29, 1.82) is 5.26 Å². The quantitative estimate of drug-likeness (QED) is 0.796. The smallest absolute Gasteiger partial charge is 0.0991 e. The number of aryl methyl sites for hydroxylation is 2. The van der Waals surface area contributed by atoms with E-state index in [9.17, 15) is 5.26 Å². The SMILES string of the molecule is CCc1cc(C#N)ccc1[C@@H]1Nc2ccc(C)cc2[C@@H]2CCC[C@@H]21. The highest BCUT2D eigenvalue weighted by atomic mass is 15.0. The van der Waals surface area contributed by atoms with Crippen molar-refractivity contribution in [3.8, 4) is 6.07 Å². The minimum absolute atomic E-state index is 0.371. The minimum Gasteiger partial charge on any atom is -0.378 e. The highest BCUT2D eigenvalue weighted by molar-refractivity contribution is 5.60. The minimum atomic E-state index is 0.371. The van der Waals surface area contributed by atoms with Crippen LogP contribution in [0.3, 0.4) is 0 Å². The molecule has 1 aliphatic carbocycles. The van der Waals surface area contributed by atoms with Gasteiger partial charge in [-0.15, -0.1) is 0 Å². The summed E-state index contributed by atoms with van der Waals surface area (Å²) in [5, 5.41) is 13.0. The molecule has 122 valence electrons. The fourth-order valence-electron chi connectivity index (χ4n) is 4.76. The molecule has 2 aliphatic rings. The Labute approximate surface area is 144 Å². The van der Waals surface area contributed by atoms with E-state index >= 15 is 0 Å². The Morgan fingerprint density at radius 2 is 2.00 bits per heavy atom. The van der Waals surface area contributed by atoms with Crippen molar-refractivity contribution in [2.24, 2.45) is 5.92 Å². The highest BCUT2D eigenvalue weighted by Crippen LogP contribution is 2.53. The Bertz CT molecular complexity index is 815. The lowest BCUT2D eigenvalue weighted by Crippen LogP contribution is -2.29. The second-order valence-corrected chi connectivity index (χ2v) is 7.29. The van der Waals surface area contributed by atoms with Gasteiger partial charge in [0.1, 0.15) is 0 Å². The Morgan fingerprint density at radius 3 is 2.79 bits per heavy atom. The van der Waals surface area contributed by atoms with Crippen LogP contribution in [0.5, 0.6) is 0 Å². The molecule has 0 radical (unpaired) electrons. The fourth-order valence-corrected chi connectivity index (χ4v) is 4.76. The average Bonchev–Trinajstić information content (AvgIpc) is 3.11. The van der Waals surface area contributed by atoms with Crippen LogP contribution < -0.4 is 5.32 Å². The maximum Gasteiger partial charge on any atom is 0.0991 e. The lowest BCUT2D eigenvalue weighted by atomic mass is 9.76. The van der Waals surface area contributed by atoms with Crippen LogP contribution in [0.15, 0.2) is 36.4 Å². The van der Waals surface area contributed by atoms with E-state index in [1.165, 1.54) is 47.2 Å². The molecule has 0 aromatic heterocycles. The third-order valence-corrected chi connectivity index (χ3v) is 5.90. The molecule has 1 saturated carbocycles. The van der Waals surface area contributed by atoms with Crippen molar-refractivity contribution in [2.75, 3.05) is 5.32 Å². The molecule has 1 fully saturated rings. The number of hydrogen-bond acceptors (Lipinski definition) is 2. The standard InChI is InChI=1S/C22H24N2/c1-3-16-12-15(13-23)8-9-17(16)22-19-6-4-5-18(19)20-11-14(2)7-10-21(20)24-22/h7-12,18-19,22,24H,3-6H2,1-2H3/t18-,19+,22+/m1/s1. The van der Waals surface area contributed by atoms with Crippen molar-refractivity contribution in [3.05, 3.63) is 64.2 Å². The van der Waals surface area contributed by atoms with E-state index in [0.717, 1.165) is 12.0 Å². The summed E-state index contributed by atoms with van der Waals surface area (Å²) in [7, 11) is 0. The zero-order valence-electron chi connectivity index (χ0n) is 14.5. The third-order valence-electron chi connectivity index (χ3n) is 5.90. The van der Waals surface area contributed by atoms with Crippen LogP contribution in [0, 0.1) is 24.2 Å². The van der Waals surface area contributed by atoms with Crippen molar-refractivity contribution in [2.45, 2.75) is 51.5 Å². The zero-order chi connectivity index (χ0) is 16.7. The Balaban J connectivity index is 1.80. The molecule has 2 aromatic rings. The summed E-state index contributed by atoms with van der Waals surface area (Å²) < 4.78 is 0. The summed E-state index contributed by atoms with van der Waals surface area (Å²) in [4.78, 5) is 0. The normalized spacial score (nSPS) is 24.6.